The Morgan fingerprint density at radius 2 is 2.22 bits per heavy atom. The number of fused-ring (bicyclic) bond motifs is 1. The zero-order valence-corrected chi connectivity index (χ0v) is 14.4. The van der Waals surface area contributed by atoms with Gasteiger partial charge in [0.2, 0.25) is 5.91 Å². The number of nitrogens with one attached hydrogen (secondary N) is 2. The first kappa shape index (κ1) is 18.5. The first-order valence-corrected chi connectivity index (χ1v) is 8.10. The molecule has 11 heteroatoms. The smallest absolute Gasteiger partial charge is 0.271 e. The van der Waals surface area contributed by atoms with Gasteiger partial charge in [0.05, 0.1) is 23.8 Å². The van der Waals surface area contributed by atoms with Crippen LogP contribution in [0.15, 0.2) is 18.3 Å². The summed E-state index contributed by atoms with van der Waals surface area (Å²) in [5.74, 6) is -1.88. The summed E-state index contributed by atoms with van der Waals surface area (Å²) in [6.07, 6.45) is -0.202. The Balaban J connectivity index is 2.11. The average Bonchev–Trinajstić information content (AvgIpc) is 3.00. The molecule has 2 atom stereocenters. The largest absolute Gasteiger partial charge is 0.368 e. The summed E-state index contributed by atoms with van der Waals surface area (Å²) < 4.78 is 14.7. The Morgan fingerprint density at radius 1 is 1.48 bits per heavy atom. The molecule has 3 amide bonds. The SMILES string of the molecule is Cc1ccc(-n2nc3c(c2C(=O)NCC(N)=O)C(=O)NC(C(N)F)C3)nc1. The van der Waals surface area contributed by atoms with E-state index in [0.717, 1.165) is 5.56 Å². The van der Waals surface area contributed by atoms with Crippen LogP contribution in [0.2, 0.25) is 0 Å². The van der Waals surface area contributed by atoms with Gasteiger partial charge in [0.25, 0.3) is 11.8 Å². The minimum Gasteiger partial charge on any atom is -0.368 e. The van der Waals surface area contributed by atoms with Crippen LogP contribution in [0.1, 0.15) is 32.1 Å². The number of amides is 3. The number of pyridine rings is 1. The van der Waals surface area contributed by atoms with Gasteiger partial charge in [0.1, 0.15) is 5.69 Å². The predicted molar refractivity (Wildman–Crippen MR) is 91.7 cm³/mol. The molecular weight excluding hydrogens is 357 g/mol. The lowest BCUT2D eigenvalue weighted by molar-refractivity contribution is -0.117. The van der Waals surface area contributed by atoms with E-state index < -0.39 is 36.6 Å². The second-order valence-corrected chi connectivity index (χ2v) is 6.15. The summed E-state index contributed by atoms with van der Waals surface area (Å²) >= 11 is 0. The highest BCUT2D eigenvalue weighted by molar-refractivity contribution is 6.08. The number of alkyl halides is 1. The van der Waals surface area contributed by atoms with E-state index in [-0.39, 0.29) is 29.2 Å². The second kappa shape index (κ2) is 7.11. The Hall–Kier alpha value is -3.34. The molecule has 0 aliphatic carbocycles. The van der Waals surface area contributed by atoms with Crippen molar-refractivity contribution in [1.29, 1.82) is 0 Å². The van der Waals surface area contributed by atoms with Crippen LogP contribution in [0.3, 0.4) is 0 Å². The summed E-state index contributed by atoms with van der Waals surface area (Å²) in [4.78, 5) is 40.3. The van der Waals surface area contributed by atoms with E-state index in [0.29, 0.717) is 0 Å². The molecule has 3 heterocycles. The number of primary amides is 1. The van der Waals surface area contributed by atoms with E-state index in [4.69, 9.17) is 11.5 Å². The van der Waals surface area contributed by atoms with Gasteiger partial charge in [0.15, 0.2) is 12.1 Å². The normalized spacial score (nSPS) is 17.0. The van der Waals surface area contributed by atoms with Crippen molar-refractivity contribution in [2.24, 2.45) is 11.5 Å². The van der Waals surface area contributed by atoms with Crippen molar-refractivity contribution in [2.75, 3.05) is 6.54 Å². The molecule has 1 aliphatic heterocycles. The van der Waals surface area contributed by atoms with Gasteiger partial charge in [-0.1, -0.05) is 6.07 Å². The number of hydrogen-bond donors (Lipinski definition) is 4. The van der Waals surface area contributed by atoms with E-state index >= 15 is 0 Å². The third-order valence-electron chi connectivity index (χ3n) is 4.05. The highest BCUT2D eigenvalue weighted by Crippen LogP contribution is 2.24. The van der Waals surface area contributed by atoms with Gasteiger partial charge in [-0.05, 0) is 18.6 Å². The van der Waals surface area contributed by atoms with E-state index in [1.54, 1.807) is 18.3 Å². The van der Waals surface area contributed by atoms with Crippen LogP contribution in [0.4, 0.5) is 4.39 Å². The first-order valence-electron chi connectivity index (χ1n) is 8.10. The molecule has 0 fully saturated rings. The lowest BCUT2D eigenvalue weighted by atomic mass is 9.99. The third kappa shape index (κ3) is 3.62. The molecule has 1 aliphatic rings. The topological polar surface area (TPSA) is 158 Å². The number of carbonyl (C=O) groups excluding carboxylic acids is 3. The Kier molecular flexibility index (Phi) is 4.86. The molecule has 27 heavy (non-hydrogen) atoms. The standard InChI is InChI=1S/C16H18FN7O3/c1-7-2-3-11(20-5-7)24-13(16(27)21-6-10(18)25)12-8(23-24)4-9(14(17)19)22-15(12)26/h2-3,5,9,14H,4,6,19H2,1H3,(H2,18,25)(H,21,27)(H,22,26). The van der Waals surface area contributed by atoms with Gasteiger partial charge in [0, 0.05) is 12.6 Å². The number of nitrogens with two attached hydrogens (primary N) is 2. The maximum atomic E-state index is 13.5. The van der Waals surface area contributed by atoms with Crippen LogP contribution in [0, 0.1) is 6.92 Å². The summed E-state index contributed by atoms with van der Waals surface area (Å²) in [5, 5.41) is 9.03. The number of nitrogens with zero attached hydrogens (tertiary/aromatic N) is 3. The monoisotopic (exact) mass is 375 g/mol. The molecule has 2 unspecified atom stereocenters. The van der Waals surface area contributed by atoms with Crippen LogP contribution in [-0.2, 0) is 11.2 Å². The van der Waals surface area contributed by atoms with Crippen molar-refractivity contribution >= 4 is 17.7 Å². The van der Waals surface area contributed by atoms with Crippen molar-refractivity contribution in [1.82, 2.24) is 25.4 Å². The summed E-state index contributed by atoms with van der Waals surface area (Å²) in [6.45, 7) is 1.42. The quantitative estimate of drug-likeness (QED) is 0.476. The van der Waals surface area contributed by atoms with Crippen LogP contribution in [-0.4, -0.2) is 51.4 Å². The van der Waals surface area contributed by atoms with Crippen molar-refractivity contribution in [3.8, 4) is 5.82 Å². The molecule has 0 radical (unpaired) electrons. The van der Waals surface area contributed by atoms with E-state index in [1.807, 2.05) is 6.92 Å². The average molecular weight is 375 g/mol. The number of halogens is 1. The van der Waals surface area contributed by atoms with Crippen LogP contribution in [0.5, 0.6) is 0 Å². The summed E-state index contributed by atoms with van der Waals surface area (Å²) in [5.41, 5.74) is 11.3. The molecule has 0 spiro atoms. The lowest BCUT2D eigenvalue weighted by Crippen LogP contribution is -2.50. The highest BCUT2D eigenvalue weighted by atomic mass is 19.1. The Labute approximate surface area is 153 Å². The fourth-order valence-corrected chi connectivity index (χ4v) is 2.75. The first-order chi connectivity index (χ1) is 12.8. The number of carbonyl (C=O) groups is 3. The molecule has 142 valence electrons. The molecule has 0 saturated carbocycles. The molecule has 6 N–H and O–H groups in total. The third-order valence-corrected chi connectivity index (χ3v) is 4.05. The maximum Gasteiger partial charge on any atom is 0.271 e. The molecule has 0 bridgehead atoms. The molecule has 2 aromatic heterocycles. The number of hydrogen-bond acceptors (Lipinski definition) is 6. The zero-order valence-electron chi connectivity index (χ0n) is 14.4. The molecule has 10 nitrogen and oxygen atoms in total. The Bertz CT molecular complexity index is 907. The number of aromatic nitrogens is 3. The molecule has 0 aromatic carbocycles. The minimum absolute atomic E-state index is 0.00764. The van der Waals surface area contributed by atoms with Gasteiger partial charge in [-0.2, -0.15) is 5.10 Å². The zero-order chi connectivity index (χ0) is 19.7. The van der Waals surface area contributed by atoms with Crippen LogP contribution in [0.25, 0.3) is 5.82 Å². The highest BCUT2D eigenvalue weighted by Gasteiger charge is 2.36. The van der Waals surface area contributed by atoms with Crippen molar-refractivity contribution < 1.29 is 18.8 Å². The van der Waals surface area contributed by atoms with Gasteiger partial charge in [-0.15, -0.1) is 0 Å². The molecular formula is C16H18FN7O3. The van der Waals surface area contributed by atoms with Crippen molar-refractivity contribution in [2.45, 2.75) is 25.7 Å². The second-order valence-electron chi connectivity index (χ2n) is 6.15. The van der Waals surface area contributed by atoms with Gasteiger partial charge in [-0.3, -0.25) is 20.1 Å². The number of aryl methyl sites for hydroxylation is 1. The molecule has 2 aromatic rings. The predicted octanol–water partition coefficient (Wildman–Crippen LogP) is -1.30. The fraction of sp³-hybridized carbons (Fsp3) is 0.312. The van der Waals surface area contributed by atoms with Gasteiger partial charge in [-0.25, -0.2) is 14.1 Å². The van der Waals surface area contributed by atoms with E-state index in [1.165, 1.54) is 4.68 Å². The Morgan fingerprint density at radius 3 is 2.81 bits per heavy atom. The van der Waals surface area contributed by atoms with Crippen molar-refractivity contribution in [3.05, 3.63) is 40.8 Å². The molecule has 3 rings (SSSR count). The van der Waals surface area contributed by atoms with Gasteiger partial charge < -0.3 is 16.4 Å². The lowest BCUT2D eigenvalue weighted by Gasteiger charge is -2.23. The minimum atomic E-state index is -1.78. The summed E-state index contributed by atoms with van der Waals surface area (Å²) in [7, 11) is 0. The van der Waals surface area contributed by atoms with Crippen molar-refractivity contribution in [3.63, 3.8) is 0 Å². The van der Waals surface area contributed by atoms with Crippen LogP contribution < -0.4 is 22.1 Å². The van der Waals surface area contributed by atoms with E-state index in [2.05, 4.69) is 20.7 Å². The molecule has 0 saturated heterocycles. The summed E-state index contributed by atoms with van der Waals surface area (Å²) in [6, 6.07) is 2.42. The van der Waals surface area contributed by atoms with Crippen LogP contribution >= 0.6 is 0 Å². The number of rotatable bonds is 5. The fourth-order valence-electron chi connectivity index (χ4n) is 2.75. The van der Waals surface area contributed by atoms with E-state index in [9.17, 15) is 18.8 Å². The van der Waals surface area contributed by atoms with Gasteiger partial charge >= 0.3 is 0 Å². The maximum absolute atomic E-state index is 13.5.